The lowest BCUT2D eigenvalue weighted by molar-refractivity contribution is 0.557. The molecule has 0 aliphatic heterocycles. The van der Waals surface area contributed by atoms with Gasteiger partial charge >= 0.3 is 0 Å². The van der Waals surface area contributed by atoms with Crippen LogP contribution in [0.5, 0.6) is 0 Å². The molecule has 0 spiro atoms. The van der Waals surface area contributed by atoms with Gasteiger partial charge in [0.15, 0.2) is 0 Å². The monoisotopic (exact) mass is 290 g/mol. The maximum Gasteiger partial charge on any atom is 0.245 e. The molecule has 18 heavy (non-hydrogen) atoms. The van der Waals surface area contributed by atoms with Gasteiger partial charge in [-0.05, 0) is 31.2 Å². The molecule has 4 nitrogen and oxygen atoms in total. The van der Waals surface area contributed by atoms with E-state index in [0.717, 1.165) is 18.9 Å². The van der Waals surface area contributed by atoms with Gasteiger partial charge in [0.2, 0.25) is 10.0 Å². The number of nitrogens with two attached hydrogens (primary N) is 1. The second-order valence-electron chi connectivity index (χ2n) is 4.37. The maximum absolute atomic E-state index is 13.6. The first-order valence-corrected chi connectivity index (χ1v) is 8.20. The Labute approximate surface area is 110 Å². The van der Waals surface area contributed by atoms with Crippen molar-refractivity contribution in [3.63, 3.8) is 0 Å². The molecule has 1 saturated carbocycles. The smallest absolute Gasteiger partial charge is 0.245 e. The number of sulfonamides is 1. The van der Waals surface area contributed by atoms with Crippen LogP contribution in [0.4, 0.5) is 10.1 Å². The summed E-state index contributed by atoms with van der Waals surface area (Å²) < 4.78 is 40.0. The average Bonchev–Trinajstić information content (AvgIpc) is 3.07. The van der Waals surface area contributed by atoms with Gasteiger partial charge in [0.05, 0.1) is 5.69 Å². The zero-order valence-electron chi connectivity index (χ0n) is 9.94. The summed E-state index contributed by atoms with van der Waals surface area (Å²) in [5, 5.41) is 0. The summed E-state index contributed by atoms with van der Waals surface area (Å²) in [6, 6.07) is 3.85. The van der Waals surface area contributed by atoms with E-state index < -0.39 is 20.7 Å². The molecule has 0 bridgehead atoms. The fourth-order valence-corrected chi connectivity index (χ4v) is 3.83. The van der Waals surface area contributed by atoms with Gasteiger partial charge in [-0.15, -0.1) is 0 Å². The van der Waals surface area contributed by atoms with Crippen LogP contribution in [0.15, 0.2) is 23.1 Å². The van der Waals surface area contributed by atoms with Gasteiger partial charge in [-0.1, -0.05) is 6.07 Å². The molecular formula is C11H15FN2O2S2. The number of nitrogen functional groups attached to an aromatic ring is 1. The Morgan fingerprint density at radius 3 is 2.67 bits per heavy atom. The highest BCUT2D eigenvalue weighted by Crippen LogP contribution is 2.46. The molecule has 0 aromatic heterocycles. The van der Waals surface area contributed by atoms with Crippen molar-refractivity contribution in [2.75, 3.05) is 18.5 Å². The Bertz CT molecular complexity index is 536. The number of rotatable bonds is 5. The van der Waals surface area contributed by atoms with E-state index in [1.807, 2.05) is 6.26 Å². The molecule has 3 N–H and O–H groups in total. The third kappa shape index (κ3) is 2.62. The number of hydrogen-bond acceptors (Lipinski definition) is 4. The summed E-state index contributed by atoms with van der Waals surface area (Å²) in [5.41, 5.74) is 5.46. The van der Waals surface area contributed by atoms with Crippen LogP contribution in [0, 0.1) is 5.82 Å². The van der Waals surface area contributed by atoms with Crippen LogP contribution < -0.4 is 10.5 Å². The predicted octanol–water partition coefficient (Wildman–Crippen LogP) is 1.58. The van der Waals surface area contributed by atoms with E-state index in [4.69, 9.17) is 5.73 Å². The number of hydrogen-bond donors (Lipinski definition) is 2. The highest BCUT2D eigenvalue weighted by Gasteiger charge is 2.42. The Balaban J connectivity index is 2.21. The fourth-order valence-electron chi connectivity index (χ4n) is 1.70. The molecule has 0 heterocycles. The Morgan fingerprint density at radius 1 is 1.50 bits per heavy atom. The molecule has 0 atom stereocenters. The average molecular weight is 290 g/mol. The van der Waals surface area contributed by atoms with Crippen LogP contribution >= 0.6 is 11.8 Å². The number of halogens is 1. The Kier molecular flexibility index (Phi) is 3.57. The van der Waals surface area contributed by atoms with Gasteiger partial charge < -0.3 is 5.73 Å². The van der Waals surface area contributed by atoms with Crippen molar-refractivity contribution in [3.05, 3.63) is 24.0 Å². The third-order valence-electron chi connectivity index (χ3n) is 3.09. The molecule has 1 aromatic rings. The van der Waals surface area contributed by atoms with Crippen molar-refractivity contribution >= 4 is 27.5 Å². The van der Waals surface area contributed by atoms with E-state index >= 15 is 0 Å². The van der Waals surface area contributed by atoms with Crippen LogP contribution in [-0.4, -0.2) is 26.0 Å². The van der Waals surface area contributed by atoms with Crippen molar-refractivity contribution in [1.29, 1.82) is 0 Å². The summed E-state index contributed by atoms with van der Waals surface area (Å²) in [5.74, 6) is -0.823. The molecule has 7 heteroatoms. The zero-order chi connectivity index (χ0) is 13.4. The number of anilines is 1. The van der Waals surface area contributed by atoms with Crippen molar-refractivity contribution in [3.8, 4) is 0 Å². The highest BCUT2D eigenvalue weighted by molar-refractivity contribution is 8.00. The summed E-state index contributed by atoms with van der Waals surface area (Å²) >= 11 is 1.63. The first-order chi connectivity index (χ1) is 8.40. The first kappa shape index (κ1) is 13.6. The molecular weight excluding hydrogens is 275 g/mol. The van der Waals surface area contributed by atoms with Crippen LogP contribution in [0.3, 0.4) is 0 Å². The lowest BCUT2D eigenvalue weighted by atomic mass is 10.3. The lowest BCUT2D eigenvalue weighted by Crippen LogP contribution is -2.32. The molecule has 100 valence electrons. The fraction of sp³-hybridized carbons (Fsp3) is 0.455. The molecule has 0 radical (unpaired) electrons. The molecule has 1 aromatic carbocycles. The lowest BCUT2D eigenvalue weighted by Gasteiger charge is -2.14. The van der Waals surface area contributed by atoms with Crippen molar-refractivity contribution < 1.29 is 12.8 Å². The summed E-state index contributed by atoms with van der Waals surface area (Å²) in [6.45, 7) is 0.310. The molecule has 1 aliphatic rings. The van der Waals surface area contributed by atoms with Crippen LogP contribution in [0.1, 0.15) is 12.8 Å². The van der Waals surface area contributed by atoms with E-state index in [2.05, 4.69) is 4.72 Å². The van der Waals surface area contributed by atoms with Crippen molar-refractivity contribution in [2.24, 2.45) is 0 Å². The normalized spacial score (nSPS) is 17.7. The predicted molar refractivity (Wildman–Crippen MR) is 71.5 cm³/mol. The van der Waals surface area contributed by atoms with Crippen molar-refractivity contribution in [1.82, 2.24) is 4.72 Å². The summed E-state index contributed by atoms with van der Waals surface area (Å²) in [7, 11) is -3.89. The number of benzene rings is 1. The maximum atomic E-state index is 13.6. The summed E-state index contributed by atoms with van der Waals surface area (Å²) in [4.78, 5) is -0.457. The number of nitrogens with one attached hydrogen (secondary N) is 1. The Hall–Kier alpha value is -0.790. The van der Waals surface area contributed by atoms with Gasteiger partial charge in [-0.2, -0.15) is 11.8 Å². The van der Waals surface area contributed by atoms with Crippen molar-refractivity contribution in [2.45, 2.75) is 22.5 Å². The molecule has 1 aliphatic carbocycles. The number of thioether (sulfide) groups is 1. The molecule has 0 unspecified atom stereocenters. The minimum Gasteiger partial charge on any atom is -0.398 e. The molecule has 0 amide bonds. The second-order valence-corrected chi connectivity index (χ2v) is 7.35. The standard InChI is InChI=1S/C11H15FN2O2S2/c1-17-11(5-6-11)7-14-18(15,16)10-8(12)3-2-4-9(10)13/h2-4,14H,5-7,13H2,1H3. The van der Waals surface area contributed by atoms with E-state index in [1.165, 1.54) is 12.1 Å². The van der Waals surface area contributed by atoms with E-state index in [1.54, 1.807) is 11.8 Å². The minimum absolute atomic E-state index is 0.0207. The van der Waals surface area contributed by atoms with Gasteiger partial charge in [0.25, 0.3) is 0 Å². The quantitative estimate of drug-likeness (QED) is 0.808. The van der Waals surface area contributed by atoms with Gasteiger partial charge in [0.1, 0.15) is 10.7 Å². The van der Waals surface area contributed by atoms with Crippen LogP contribution in [0.2, 0.25) is 0 Å². The largest absolute Gasteiger partial charge is 0.398 e. The van der Waals surface area contributed by atoms with E-state index in [-0.39, 0.29) is 10.4 Å². The Morgan fingerprint density at radius 2 is 2.17 bits per heavy atom. The SMILES string of the molecule is CSC1(CNS(=O)(=O)c2c(N)cccc2F)CC1. The first-order valence-electron chi connectivity index (χ1n) is 5.49. The highest BCUT2D eigenvalue weighted by atomic mass is 32.2. The summed E-state index contributed by atoms with van der Waals surface area (Å²) in [6.07, 6.45) is 3.89. The third-order valence-corrected chi connectivity index (χ3v) is 6.00. The zero-order valence-corrected chi connectivity index (χ0v) is 11.6. The van der Waals surface area contributed by atoms with Crippen LogP contribution in [-0.2, 0) is 10.0 Å². The van der Waals surface area contributed by atoms with E-state index in [9.17, 15) is 12.8 Å². The minimum atomic E-state index is -3.89. The molecule has 0 saturated heterocycles. The van der Waals surface area contributed by atoms with Crippen LogP contribution in [0.25, 0.3) is 0 Å². The van der Waals surface area contributed by atoms with E-state index in [0.29, 0.717) is 6.54 Å². The second kappa shape index (κ2) is 4.71. The molecule has 2 rings (SSSR count). The van der Waals surface area contributed by atoms with Gasteiger partial charge in [0, 0.05) is 11.3 Å². The van der Waals surface area contributed by atoms with Gasteiger partial charge in [-0.3, -0.25) is 0 Å². The van der Waals surface area contributed by atoms with Gasteiger partial charge in [-0.25, -0.2) is 17.5 Å². The topological polar surface area (TPSA) is 72.2 Å². The molecule has 1 fully saturated rings.